The minimum Gasteiger partial charge on any atom is -0.383 e. The van der Waals surface area contributed by atoms with Crippen LogP contribution in [-0.2, 0) is 11.3 Å². The summed E-state index contributed by atoms with van der Waals surface area (Å²) in [5.74, 6) is 0.300. The molecule has 0 radical (unpaired) electrons. The van der Waals surface area contributed by atoms with Crippen molar-refractivity contribution in [2.45, 2.75) is 19.5 Å². The molecular weight excluding hydrogens is 330 g/mol. The van der Waals surface area contributed by atoms with Crippen LogP contribution in [0, 0.1) is 0 Å². The number of rotatable bonds is 6. The number of carbonyl (C=O) groups excluding carboxylic acids is 1. The summed E-state index contributed by atoms with van der Waals surface area (Å²) < 4.78 is 6.69. The molecule has 1 aromatic heterocycles. The van der Waals surface area contributed by atoms with Gasteiger partial charge in [-0.2, -0.15) is 0 Å². The minimum atomic E-state index is -0.433. The van der Waals surface area contributed by atoms with Gasteiger partial charge in [-0.05, 0) is 31.2 Å². The van der Waals surface area contributed by atoms with Crippen molar-refractivity contribution in [3.05, 3.63) is 76.3 Å². The fraction of sp³-hybridized carbons (Fsp3) is 0.250. The van der Waals surface area contributed by atoms with Crippen LogP contribution in [-0.4, -0.2) is 29.2 Å². The normalized spacial score (nSPS) is 12.1. The zero-order chi connectivity index (χ0) is 18.5. The summed E-state index contributed by atoms with van der Waals surface area (Å²) in [6.07, 6.45) is 0. The number of nitrogens with one attached hydrogen (secondary N) is 1. The number of fused-ring (bicyclic) bond motifs is 1. The first-order chi connectivity index (χ1) is 12.6. The van der Waals surface area contributed by atoms with Crippen molar-refractivity contribution in [1.82, 2.24) is 14.9 Å². The molecule has 3 rings (SSSR count). The van der Waals surface area contributed by atoms with Crippen LogP contribution in [0.2, 0.25) is 0 Å². The number of para-hydroxylation sites is 1. The van der Waals surface area contributed by atoms with E-state index >= 15 is 0 Å². The molecule has 2 aromatic carbocycles. The number of ether oxygens (including phenoxy) is 1. The number of hydrogen-bond acceptors (Lipinski definition) is 4. The van der Waals surface area contributed by atoms with Crippen LogP contribution in [0.5, 0.6) is 0 Å². The van der Waals surface area contributed by atoms with E-state index in [9.17, 15) is 9.59 Å². The van der Waals surface area contributed by atoms with Crippen LogP contribution in [0.3, 0.4) is 0 Å². The number of hydrogen-bond donors (Lipinski definition) is 1. The number of benzene rings is 2. The van der Waals surface area contributed by atoms with Gasteiger partial charge >= 0.3 is 0 Å². The second-order valence-corrected chi connectivity index (χ2v) is 6.00. The van der Waals surface area contributed by atoms with Gasteiger partial charge in [-0.15, -0.1) is 0 Å². The van der Waals surface area contributed by atoms with Crippen molar-refractivity contribution in [1.29, 1.82) is 0 Å². The molecule has 1 atom stereocenters. The van der Waals surface area contributed by atoms with Gasteiger partial charge in [0.2, 0.25) is 0 Å². The maximum Gasteiger partial charge on any atom is 0.261 e. The molecule has 134 valence electrons. The highest BCUT2D eigenvalue weighted by Crippen LogP contribution is 2.14. The van der Waals surface area contributed by atoms with E-state index in [2.05, 4.69) is 10.3 Å². The van der Waals surface area contributed by atoms with Crippen molar-refractivity contribution >= 4 is 16.8 Å². The zero-order valence-electron chi connectivity index (χ0n) is 14.8. The lowest BCUT2D eigenvalue weighted by molar-refractivity contribution is 0.0937. The number of aromatic nitrogens is 2. The third-order valence-corrected chi connectivity index (χ3v) is 4.18. The van der Waals surface area contributed by atoms with Gasteiger partial charge in [-0.3, -0.25) is 14.2 Å². The third kappa shape index (κ3) is 3.65. The van der Waals surface area contributed by atoms with E-state index < -0.39 is 6.04 Å². The summed E-state index contributed by atoms with van der Waals surface area (Å²) in [5.41, 5.74) is 1.04. The highest BCUT2D eigenvalue weighted by atomic mass is 16.5. The Balaban J connectivity index is 1.99. The zero-order valence-corrected chi connectivity index (χ0v) is 14.8. The Morgan fingerprint density at radius 2 is 1.85 bits per heavy atom. The van der Waals surface area contributed by atoms with Crippen LogP contribution in [0.4, 0.5) is 0 Å². The second-order valence-electron chi connectivity index (χ2n) is 6.00. The molecule has 1 amide bonds. The number of amides is 1. The van der Waals surface area contributed by atoms with Gasteiger partial charge in [-0.25, -0.2) is 4.98 Å². The molecule has 0 aliphatic carbocycles. The predicted molar refractivity (Wildman–Crippen MR) is 100 cm³/mol. The van der Waals surface area contributed by atoms with Crippen LogP contribution in [0.1, 0.15) is 29.1 Å². The first-order valence-electron chi connectivity index (χ1n) is 8.46. The molecule has 0 aliphatic heterocycles. The summed E-state index contributed by atoms with van der Waals surface area (Å²) in [4.78, 5) is 29.9. The predicted octanol–water partition coefficient (Wildman–Crippen LogP) is 2.53. The number of nitrogens with zero attached hydrogens (tertiary/aromatic N) is 2. The van der Waals surface area contributed by atoms with Crippen LogP contribution < -0.4 is 10.9 Å². The second kappa shape index (κ2) is 7.93. The van der Waals surface area contributed by atoms with Crippen molar-refractivity contribution in [2.24, 2.45) is 0 Å². The van der Waals surface area contributed by atoms with E-state index in [1.54, 1.807) is 35.9 Å². The Kier molecular flexibility index (Phi) is 5.43. The lowest BCUT2D eigenvalue weighted by Gasteiger charge is -2.19. The molecule has 0 saturated heterocycles. The Hall–Kier alpha value is -2.99. The summed E-state index contributed by atoms with van der Waals surface area (Å²) in [6, 6.07) is 15.7. The first kappa shape index (κ1) is 17.8. The maximum atomic E-state index is 12.9. The topological polar surface area (TPSA) is 73.2 Å². The SMILES string of the molecule is COCCn1c([C@@H](C)NC(=O)c2ccccc2)nc2ccccc2c1=O. The molecule has 0 unspecified atom stereocenters. The summed E-state index contributed by atoms with van der Waals surface area (Å²) in [6.45, 7) is 2.57. The van der Waals surface area contributed by atoms with Crippen molar-refractivity contribution in [2.75, 3.05) is 13.7 Å². The molecule has 1 heterocycles. The summed E-state index contributed by atoms with van der Waals surface area (Å²) in [5, 5.41) is 3.47. The van der Waals surface area contributed by atoms with Gasteiger partial charge in [0, 0.05) is 12.7 Å². The lowest BCUT2D eigenvalue weighted by Crippen LogP contribution is -2.34. The third-order valence-electron chi connectivity index (χ3n) is 4.18. The van der Waals surface area contributed by atoms with Crippen molar-refractivity contribution in [3.63, 3.8) is 0 Å². The minimum absolute atomic E-state index is 0.136. The Morgan fingerprint density at radius 1 is 1.15 bits per heavy atom. The molecule has 0 aliphatic rings. The molecule has 0 bridgehead atoms. The highest BCUT2D eigenvalue weighted by Gasteiger charge is 2.18. The van der Waals surface area contributed by atoms with E-state index in [0.717, 1.165) is 0 Å². The van der Waals surface area contributed by atoms with Gasteiger partial charge in [0.15, 0.2) is 0 Å². The summed E-state index contributed by atoms with van der Waals surface area (Å²) in [7, 11) is 1.58. The van der Waals surface area contributed by atoms with Crippen molar-refractivity contribution < 1.29 is 9.53 Å². The highest BCUT2D eigenvalue weighted by molar-refractivity contribution is 5.94. The van der Waals surface area contributed by atoms with Gasteiger partial charge in [-0.1, -0.05) is 30.3 Å². The van der Waals surface area contributed by atoms with E-state index in [4.69, 9.17) is 4.74 Å². The molecule has 0 saturated carbocycles. The fourth-order valence-electron chi connectivity index (χ4n) is 2.85. The van der Waals surface area contributed by atoms with Crippen LogP contribution in [0.15, 0.2) is 59.4 Å². The first-order valence-corrected chi connectivity index (χ1v) is 8.46. The Morgan fingerprint density at radius 3 is 2.58 bits per heavy atom. The molecule has 0 fully saturated rings. The molecule has 6 nitrogen and oxygen atoms in total. The van der Waals surface area contributed by atoms with E-state index in [1.807, 2.05) is 37.3 Å². The average Bonchev–Trinajstić information content (AvgIpc) is 2.67. The quantitative estimate of drug-likeness (QED) is 0.741. The molecule has 0 spiro atoms. The van der Waals surface area contributed by atoms with E-state index in [0.29, 0.717) is 35.4 Å². The van der Waals surface area contributed by atoms with E-state index in [1.165, 1.54) is 0 Å². The van der Waals surface area contributed by atoms with Crippen LogP contribution >= 0.6 is 0 Å². The van der Waals surface area contributed by atoms with Crippen LogP contribution in [0.25, 0.3) is 10.9 Å². The molecule has 3 aromatic rings. The van der Waals surface area contributed by atoms with Gasteiger partial charge in [0.25, 0.3) is 11.5 Å². The monoisotopic (exact) mass is 351 g/mol. The average molecular weight is 351 g/mol. The molecule has 26 heavy (non-hydrogen) atoms. The molecular formula is C20H21N3O3. The molecule has 1 N–H and O–H groups in total. The largest absolute Gasteiger partial charge is 0.383 e. The van der Waals surface area contributed by atoms with Crippen molar-refractivity contribution in [3.8, 4) is 0 Å². The van der Waals surface area contributed by atoms with Gasteiger partial charge < -0.3 is 10.1 Å². The standard InChI is InChI=1S/C20H21N3O3/c1-14(21-19(24)15-8-4-3-5-9-15)18-22-17-11-7-6-10-16(17)20(25)23(18)12-13-26-2/h3-11,14H,12-13H2,1-2H3,(H,21,24)/t14-/m1/s1. The molecule has 6 heteroatoms. The number of carbonyl (C=O) groups is 1. The van der Waals surface area contributed by atoms with Gasteiger partial charge in [0.1, 0.15) is 5.82 Å². The fourth-order valence-corrected chi connectivity index (χ4v) is 2.85. The Labute approximate surface area is 151 Å². The lowest BCUT2D eigenvalue weighted by atomic mass is 10.2. The smallest absolute Gasteiger partial charge is 0.261 e. The maximum absolute atomic E-state index is 12.9. The Bertz CT molecular complexity index is 967. The summed E-state index contributed by atoms with van der Waals surface area (Å²) >= 11 is 0. The van der Waals surface area contributed by atoms with Gasteiger partial charge in [0.05, 0.1) is 30.1 Å². The van der Waals surface area contributed by atoms with E-state index in [-0.39, 0.29) is 11.5 Å². The number of methoxy groups -OCH3 is 1.